The average molecular weight is 247 g/mol. The molecule has 18 heavy (non-hydrogen) atoms. The smallest absolute Gasteiger partial charge is 0.325 e. The third kappa shape index (κ3) is 2.91. The van der Waals surface area contributed by atoms with E-state index in [9.17, 15) is 9.90 Å². The second-order valence-corrected chi connectivity index (χ2v) is 5.55. The molecule has 0 spiro atoms. The minimum atomic E-state index is -0.748. The fraction of sp³-hybridized carbons (Fsp3) is 0.533. The van der Waals surface area contributed by atoms with E-state index in [0.717, 1.165) is 18.7 Å². The highest BCUT2D eigenvalue weighted by molar-refractivity contribution is 5.75. The van der Waals surface area contributed by atoms with Gasteiger partial charge < -0.3 is 5.11 Å². The summed E-state index contributed by atoms with van der Waals surface area (Å²) in [7, 11) is 0. The average Bonchev–Trinajstić information content (AvgIpc) is 2.28. The SMILES string of the molecule is C[C@@H]1C[C@@H](C)CN([C@@H](C(=O)O)c2ccccc2)C1. The van der Waals surface area contributed by atoms with Crippen molar-refractivity contribution in [3.63, 3.8) is 0 Å². The zero-order valence-corrected chi connectivity index (χ0v) is 11.0. The highest BCUT2D eigenvalue weighted by Crippen LogP contribution is 2.29. The summed E-state index contributed by atoms with van der Waals surface area (Å²) in [5.74, 6) is 0.390. The minimum Gasteiger partial charge on any atom is -0.480 e. The zero-order chi connectivity index (χ0) is 13.1. The van der Waals surface area contributed by atoms with Crippen LogP contribution in [0.5, 0.6) is 0 Å². The first-order valence-corrected chi connectivity index (χ1v) is 6.59. The number of nitrogens with zero attached hydrogens (tertiary/aromatic N) is 1. The van der Waals surface area contributed by atoms with Crippen molar-refractivity contribution in [1.82, 2.24) is 4.90 Å². The molecular weight excluding hydrogens is 226 g/mol. The van der Waals surface area contributed by atoms with Crippen molar-refractivity contribution >= 4 is 5.97 Å². The van der Waals surface area contributed by atoms with Gasteiger partial charge >= 0.3 is 5.97 Å². The number of benzene rings is 1. The van der Waals surface area contributed by atoms with E-state index in [1.807, 2.05) is 30.3 Å². The Bertz CT molecular complexity index is 394. The van der Waals surface area contributed by atoms with Crippen molar-refractivity contribution in [1.29, 1.82) is 0 Å². The molecular formula is C15H21NO2. The molecule has 1 aromatic rings. The van der Waals surface area contributed by atoms with Crippen LogP contribution in [0.4, 0.5) is 0 Å². The zero-order valence-electron chi connectivity index (χ0n) is 11.0. The molecule has 1 aromatic carbocycles. The van der Waals surface area contributed by atoms with Gasteiger partial charge in [-0.2, -0.15) is 0 Å². The van der Waals surface area contributed by atoms with Crippen LogP contribution in [-0.2, 0) is 4.79 Å². The number of hydrogen-bond donors (Lipinski definition) is 1. The van der Waals surface area contributed by atoms with Crippen LogP contribution in [-0.4, -0.2) is 29.1 Å². The molecule has 0 saturated carbocycles. The van der Waals surface area contributed by atoms with Crippen molar-refractivity contribution in [2.75, 3.05) is 13.1 Å². The first kappa shape index (κ1) is 13.1. The Balaban J connectivity index is 2.23. The Morgan fingerprint density at radius 1 is 1.22 bits per heavy atom. The number of rotatable bonds is 3. The van der Waals surface area contributed by atoms with Gasteiger partial charge in [0.15, 0.2) is 0 Å². The fourth-order valence-electron chi connectivity index (χ4n) is 3.07. The van der Waals surface area contributed by atoms with Gasteiger partial charge in [-0.25, -0.2) is 0 Å². The fourth-order valence-corrected chi connectivity index (χ4v) is 3.07. The van der Waals surface area contributed by atoms with Gasteiger partial charge in [-0.05, 0) is 23.8 Å². The van der Waals surface area contributed by atoms with Crippen LogP contribution >= 0.6 is 0 Å². The predicted octanol–water partition coefficient (Wildman–Crippen LogP) is 2.79. The van der Waals surface area contributed by atoms with E-state index in [4.69, 9.17) is 0 Å². The first-order chi connectivity index (χ1) is 8.58. The molecule has 3 heteroatoms. The maximum atomic E-state index is 11.6. The monoisotopic (exact) mass is 247 g/mol. The first-order valence-electron chi connectivity index (χ1n) is 6.59. The third-order valence-corrected chi connectivity index (χ3v) is 3.61. The highest BCUT2D eigenvalue weighted by Gasteiger charge is 2.32. The summed E-state index contributed by atoms with van der Waals surface area (Å²) in [5.41, 5.74) is 0.881. The lowest BCUT2D eigenvalue weighted by molar-refractivity contribution is -0.144. The molecule has 1 fully saturated rings. The lowest BCUT2D eigenvalue weighted by atomic mass is 9.90. The molecule has 1 N–H and O–H groups in total. The third-order valence-electron chi connectivity index (χ3n) is 3.61. The molecule has 0 bridgehead atoms. The highest BCUT2D eigenvalue weighted by atomic mass is 16.4. The van der Waals surface area contributed by atoms with E-state index in [2.05, 4.69) is 18.7 Å². The van der Waals surface area contributed by atoms with Gasteiger partial charge in [-0.15, -0.1) is 0 Å². The Morgan fingerprint density at radius 3 is 2.28 bits per heavy atom. The predicted molar refractivity (Wildman–Crippen MR) is 71.3 cm³/mol. The van der Waals surface area contributed by atoms with E-state index in [1.165, 1.54) is 6.42 Å². The molecule has 1 aliphatic rings. The second kappa shape index (κ2) is 5.53. The number of carboxylic acids is 1. The normalized spacial score (nSPS) is 26.8. The lowest BCUT2D eigenvalue weighted by Gasteiger charge is -2.38. The molecule has 3 nitrogen and oxygen atoms in total. The van der Waals surface area contributed by atoms with Crippen molar-refractivity contribution in [2.24, 2.45) is 11.8 Å². The van der Waals surface area contributed by atoms with E-state index in [1.54, 1.807) is 0 Å². The van der Waals surface area contributed by atoms with Crippen molar-refractivity contribution < 1.29 is 9.90 Å². The number of hydrogen-bond acceptors (Lipinski definition) is 2. The molecule has 1 heterocycles. The summed E-state index contributed by atoms with van der Waals surface area (Å²) in [4.78, 5) is 13.7. The van der Waals surface area contributed by atoms with Crippen molar-refractivity contribution in [2.45, 2.75) is 26.3 Å². The lowest BCUT2D eigenvalue weighted by Crippen LogP contribution is -2.43. The molecule has 98 valence electrons. The summed E-state index contributed by atoms with van der Waals surface area (Å²) >= 11 is 0. The molecule has 0 radical (unpaired) electrons. The summed E-state index contributed by atoms with van der Waals surface area (Å²) < 4.78 is 0. The van der Waals surface area contributed by atoms with Crippen molar-refractivity contribution in [3.05, 3.63) is 35.9 Å². The Labute approximate surface area is 108 Å². The number of likely N-dealkylation sites (tertiary alicyclic amines) is 1. The van der Waals surface area contributed by atoms with Crippen LogP contribution in [0.15, 0.2) is 30.3 Å². The summed E-state index contributed by atoms with van der Waals surface area (Å²) in [6.07, 6.45) is 1.19. The molecule has 0 amide bonds. The molecule has 0 aliphatic carbocycles. The largest absolute Gasteiger partial charge is 0.480 e. The minimum absolute atomic E-state index is 0.503. The van der Waals surface area contributed by atoms with Gasteiger partial charge in [0, 0.05) is 13.1 Å². The van der Waals surface area contributed by atoms with Crippen LogP contribution < -0.4 is 0 Å². The summed E-state index contributed by atoms with van der Waals surface area (Å²) in [6.45, 7) is 6.14. The van der Waals surface area contributed by atoms with Gasteiger partial charge in [0.25, 0.3) is 0 Å². The van der Waals surface area contributed by atoms with Gasteiger partial charge in [0.2, 0.25) is 0 Å². The van der Waals surface area contributed by atoms with E-state index in [0.29, 0.717) is 11.8 Å². The van der Waals surface area contributed by atoms with Crippen LogP contribution in [0.25, 0.3) is 0 Å². The van der Waals surface area contributed by atoms with Crippen LogP contribution in [0, 0.1) is 11.8 Å². The quantitative estimate of drug-likeness (QED) is 0.893. The molecule has 0 unspecified atom stereocenters. The number of carboxylic acid groups (broad SMARTS) is 1. The van der Waals surface area contributed by atoms with E-state index < -0.39 is 12.0 Å². The summed E-state index contributed by atoms with van der Waals surface area (Å²) in [6, 6.07) is 9.04. The van der Waals surface area contributed by atoms with Gasteiger partial charge in [-0.1, -0.05) is 44.2 Å². The topological polar surface area (TPSA) is 40.5 Å². The van der Waals surface area contributed by atoms with Crippen LogP contribution in [0.2, 0.25) is 0 Å². The van der Waals surface area contributed by atoms with E-state index >= 15 is 0 Å². The Kier molecular flexibility index (Phi) is 4.02. The maximum Gasteiger partial charge on any atom is 0.325 e. The molecule has 3 atom stereocenters. The van der Waals surface area contributed by atoms with E-state index in [-0.39, 0.29) is 0 Å². The number of piperidine rings is 1. The van der Waals surface area contributed by atoms with Gasteiger partial charge in [-0.3, -0.25) is 9.69 Å². The van der Waals surface area contributed by atoms with Crippen molar-refractivity contribution in [3.8, 4) is 0 Å². The molecule has 2 rings (SSSR count). The maximum absolute atomic E-state index is 11.6. The molecule has 1 aliphatic heterocycles. The van der Waals surface area contributed by atoms with Crippen LogP contribution in [0.3, 0.4) is 0 Å². The Hall–Kier alpha value is -1.35. The second-order valence-electron chi connectivity index (χ2n) is 5.55. The van der Waals surface area contributed by atoms with Gasteiger partial charge in [0.1, 0.15) is 6.04 Å². The van der Waals surface area contributed by atoms with Crippen LogP contribution in [0.1, 0.15) is 31.9 Å². The van der Waals surface area contributed by atoms with Gasteiger partial charge in [0.05, 0.1) is 0 Å². The molecule has 1 saturated heterocycles. The Morgan fingerprint density at radius 2 is 1.78 bits per heavy atom. The standard InChI is InChI=1S/C15H21NO2/c1-11-8-12(2)10-16(9-11)14(15(17)18)13-6-4-3-5-7-13/h3-7,11-12,14H,8-10H2,1-2H3,(H,17,18)/t11-,12-,14-/m1/s1. The number of aliphatic carboxylic acids is 1. The summed E-state index contributed by atoms with van der Waals surface area (Å²) in [5, 5.41) is 9.51. The number of carbonyl (C=O) groups is 1. The molecule has 0 aromatic heterocycles.